The van der Waals surface area contributed by atoms with Gasteiger partial charge < -0.3 is 9.32 Å². The van der Waals surface area contributed by atoms with Gasteiger partial charge in [-0.05, 0) is 23.6 Å². The summed E-state index contributed by atoms with van der Waals surface area (Å²) in [7, 11) is 0. The molecule has 4 rings (SSSR count). The predicted octanol–water partition coefficient (Wildman–Crippen LogP) is 2.08. The number of aromatic nitrogens is 3. The summed E-state index contributed by atoms with van der Waals surface area (Å²) in [6.07, 6.45) is 1.53. The lowest BCUT2D eigenvalue weighted by molar-refractivity contribution is 0.0595. The van der Waals surface area contributed by atoms with E-state index in [4.69, 9.17) is 4.42 Å². The quantitative estimate of drug-likeness (QED) is 0.785. The fraction of sp³-hybridized carbons (Fsp3) is 0.312. The molecule has 3 aromatic heterocycles. The number of hydrogen-bond donors (Lipinski definition) is 1. The minimum absolute atomic E-state index is 0.0423. The van der Waals surface area contributed by atoms with Crippen LogP contribution in [0.3, 0.4) is 0 Å². The molecule has 3 aromatic rings. The summed E-state index contributed by atoms with van der Waals surface area (Å²) >= 11 is 1.63. The monoisotopic (exact) mass is 343 g/mol. The molecule has 0 bridgehead atoms. The number of aromatic amines is 1. The Balaban J connectivity index is 1.33. The van der Waals surface area contributed by atoms with Gasteiger partial charge in [0.25, 0.3) is 5.91 Å². The first-order chi connectivity index (χ1) is 11.8. The van der Waals surface area contributed by atoms with Crippen LogP contribution in [0.25, 0.3) is 10.7 Å². The average Bonchev–Trinajstić information content (AvgIpc) is 3.36. The molecule has 124 valence electrons. The van der Waals surface area contributed by atoms with Crippen molar-refractivity contribution in [2.45, 2.75) is 6.54 Å². The van der Waals surface area contributed by atoms with Crippen LogP contribution in [0.5, 0.6) is 0 Å². The Bertz CT molecular complexity index is 788. The van der Waals surface area contributed by atoms with E-state index in [1.54, 1.807) is 23.5 Å². The van der Waals surface area contributed by atoms with Crippen molar-refractivity contribution in [3.8, 4) is 10.7 Å². The summed E-state index contributed by atoms with van der Waals surface area (Å²) in [5.41, 5.74) is 0. The summed E-state index contributed by atoms with van der Waals surface area (Å²) in [5, 5.41) is 9.29. The first kappa shape index (κ1) is 15.1. The molecule has 7 nitrogen and oxygen atoms in total. The van der Waals surface area contributed by atoms with Crippen LogP contribution in [0.4, 0.5) is 0 Å². The Hall–Kier alpha value is -2.45. The van der Waals surface area contributed by atoms with E-state index in [0.29, 0.717) is 25.4 Å². The van der Waals surface area contributed by atoms with Crippen molar-refractivity contribution in [2.24, 2.45) is 0 Å². The molecule has 1 aliphatic rings. The number of H-pyrrole nitrogens is 1. The van der Waals surface area contributed by atoms with Crippen molar-refractivity contribution in [2.75, 3.05) is 26.2 Å². The molecule has 0 unspecified atom stereocenters. The third kappa shape index (κ3) is 3.10. The Labute approximate surface area is 142 Å². The second kappa shape index (κ2) is 6.58. The van der Waals surface area contributed by atoms with E-state index in [1.807, 2.05) is 22.4 Å². The van der Waals surface area contributed by atoms with Crippen LogP contribution in [0.15, 0.2) is 40.3 Å². The van der Waals surface area contributed by atoms with Gasteiger partial charge in [-0.25, -0.2) is 4.98 Å². The van der Waals surface area contributed by atoms with E-state index in [0.717, 1.165) is 29.6 Å². The van der Waals surface area contributed by atoms with E-state index in [2.05, 4.69) is 20.1 Å². The highest BCUT2D eigenvalue weighted by molar-refractivity contribution is 7.13. The summed E-state index contributed by atoms with van der Waals surface area (Å²) < 4.78 is 5.18. The Morgan fingerprint density at radius 2 is 2.12 bits per heavy atom. The molecule has 0 aromatic carbocycles. The van der Waals surface area contributed by atoms with Gasteiger partial charge in [-0.3, -0.25) is 14.8 Å². The molecule has 8 heteroatoms. The molecule has 1 aliphatic heterocycles. The lowest BCUT2D eigenvalue weighted by Crippen LogP contribution is -2.48. The van der Waals surface area contributed by atoms with Crippen molar-refractivity contribution in [3.05, 3.63) is 47.5 Å². The molecule has 0 spiro atoms. The number of carbonyl (C=O) groups is 1. The minimum atomic E-state index is -0.0423. The maximum Gasteiger partial charge on any atom is 0.289 e. The zero-order chi connectivity index (χ0) is 16.4. The van der Waals surface area contributed by atoms with Gasteiger partial charge in [0.05, 0.1) is 17.7 Å². The Kier molecular flexibility index (Phi) is 4.14. The van der Waals surface area contributed by atoms with Crippen LogP contribution < -0.4 is 0 Å². The maximum atomic E-state index is 12.2. The van der Waals surface area contributed by atoms with Crippen LogP contribution in [0.2, 0.25) is 0 Å². The number of furan rings is 1. The molecular weight excluding hydrogens is 326 g/mol. The van der Waals surface area contributed by atoms with Crippen LogP contribution in [-0.2, 0) is 6.54 Å². The van der Waals surface area contributed by atoms with Gasteiger partial charge in [-0.15, -0.1) is 11.3 Å². The molecule has 0 saturated carbocycles. The Morgan fingerprint density at radius 1 is 1.25 bits per heavy atom. The number of thiophene rings is 1. The number of hydrogen-bond acceptors (Lipinski definition) is 6. The van der Waals surface area contributed by atoms with Crippen molar-refractivity contribution in [1.29, 1.82) is 0 Å². The number of nitrogens with zero attached hydrogens (tertiary/aromatic N) is 4. The zero-order valence-electron chi connectivity index (χ0n) is 13.0. The molecule has 1 N–H and O–H groups in total. The summed E-state index contributed by atoms with van der Waals surface area (Å²) in [6.45, 7) is 3.70. The third-order valence-corrected chi connectivity index (χ3v) is 4.90. The van der Waals surface area contributed by atoms with Crippen molar-refractivity contribution in [3.63, 3.8) is 0 Å². The standard InChI is InChI=1S/C16H17N5O2S/c22-16(12-3-1-9-23-12)21-7-5-20(6-8-21)11-14-17-15(19-18-14)13-4-2-10-24-13/h1-4,9-10H,5-8,11H2,(H,17,18,19). The second-order valence-electron chi connectivity index (χ2n) is 5.63. The minimum Gasteiger partial charge on any atom is -0.459 e. The smallest absolute Gasteiger partial charge is 0.289 e. The molecular formula is C16H17N5O2S. The second-order valence-corrected chi connectivity index (χ2v) is 6.58. The fourth-order valence-corrected chi connectivity index (χ4v) is 3.42. The van der Waals surface area contributed by atoms with Gasteiger partial charge in [0.15, 0.2) is 11.6 Å². The fourth-order valence-electron chi connectivity index (χ4n) is 2.76. The number of nitrogens with one attached hydrogen (secondary N) is 1. The Morgan fingerprint density at radius 3 is 2.83 bits per heavy atom. The number of rotatable bonds is 4. The van der Waals surface area contributed by atoms with E-state index >= 15 is 0 Å². The van der Waals surface area contributed by atoms with Gasteiger partial charge in [-0.2, -0.15) is 5.10 Å². The lowest BCUT2D eigenvalue weighted by atomic mass is 10.3. The normalized spacial score (nSPS) is 15.8. The SMILES string of the molecule is O=C(c1ccco1)N1CCN(Cc2nc(-c3cccs3)n[nH]2)CC1. The third-order valence-electron chi connectivity index (χ3n) is 4.04. The lowest BCUT2D eigenvalue weighted by Gasteiger charge is -2.33. The van der Waals surface area contributed by atoms with Crippen molar-refractivity contribution in [1.82, 2.24) is 25.0 Å². The predicted molar refractivity (Wildman–Crippen MR) is 89.6 cm³/mol. The molecule has 4 heterocycles. The van der Waals surface area contributed by atoms with E-state index < -0.39 is 0 Å². The molecule has 0 aliphatic carbocycles. The summed E-state index contributed by atoms with van der Waals surface area (Å²) in [4.78, 5) is 22.0. The molecule has 24 heavy (non-hydrogen) atoms. The van der Waals surface area contributed by atoms with Crippen LogP contribution in [0, 0.1) is 0 Å². The maximum absolute atomic E-state index is 12.2. The first-order valence-corrected chi connectivity index (χ1v) is 8.68. The van der Waals surface area contributed by atoms with Crippen molar-refractivity contribution >= 4 is 17.2 Å². The van der Waals surface area contributed by atoms with Crippen LogP contribution >= 0.6 is 11.3 Å². The van der Waals surface area contributed by atoms with Crippen molar-refractivity contribution < 1.29 is 9.21 Å². The van der Waals surface area contributed by atoms with Gasteiger partial charge >= 0.3 is 0 Å². The molecule has 1 saturated heterocycles. The van der Waals surface area contributed by atoms with E-state index in [9.17, 15) is 4.79 Å². The summed E-state index contributed by atoms with van der Waals surface area (Å²) in [6, 6.07) is 7.44. The molecule has 1 amide bonds. The summed E-state index contributed by atoms with van der Waals surface area (Å²) in [5.74, 6) is 1.95. The number of carbonyl (C=O) groups excluding carboxylic acids is 1. The highest BCUT2D eigenvalue weighted by atomic mass is 32.1. The van der Waals surface area contributed by atoms with Gasteiger partial charge in [0.1, 0.15) is 5.82 Å². The van der Waals surface area contributed by atoms with E-state index in [1.165, 1.54) is 6.26 Å². The largest absolute Gasteiger partial charge is 0.459 e. The van der Waals surface area contributed by atoms with Crippen LogP contribution in [0.1, 0.15) is 16.4 Å². The average molecular weight is 343 g/mol. The zero-order valence-corrected chi connectivity index (χ0v) is 13.8. The highest BCUT2D eigenvalue weighted by Gasteiger charge is 2.24. The molecule has 0 atom stereocenters. The molecule has 1 fully saturated rings. The first-order valence-electron chi connectivity index (χ1n) is 7.80. The highest BCUT2D eigenvalue weighted by Crippen LogP contribution is 2.20. The number of piperazine rings is 1. The topological polar surface area (TPSA) is 78.3 Å². The van der Waals surface area contributed by atoms with Gasteiger partial charge in [0, 0.05) is 26.2 Å². The van der Waals surface area contributed by atoms with Crippen LogP contribution in [-0.4, -0.2) is 57.1 Å². The molecule has 0 radical (unpaired) electrons. The van der Waals surface area contributed by atoms with Gasteiger partial charge in [-0.1, -0.05) is 6.07 Å². The van der Waals surface area contributed by atoms with E-state index in [-0.39, 0.29) is 5.91 Å². The number of amides is 1. The van der Waals surface area contributed by atoms with Gasteiger partial charge in [0.2, 0.25) is 0 Å².